The number of aliphatic hydroxyl groups excluding tert-OH is 1. The Morgan fingerprint density at radius 1 is 1.08 bits per heavy atom. The standard InChI is InChI=1S/C19H13N3O3/c23-11-17(24)12-3-6-16-18(8-12)25-19(22-16)14-4-5-15(21-10-14)13-2-1-7-20-9-13/h1-10,23H,11H2. The van der Waals surface area contributed by atoms with Crippen molar-refractivity contribution in [3.05, 3.63) is 66.6 Å². The molecule has 25 heavy (non-hydrogen) atoms. The number of benzene rings is 1. The summed E-state index contributed by atoms with van der Waals surface area (Å²) in [6, 6.07) is 12.5. The van der Waals surface area contributed by atoms with Gasteiger partial charge < -0.3 is 9.52 Å². The molecule has 4 aromatic rings. The van der Waals surface area contributed by atoms with Crippen LogP contribution in [-0.2, 0) is 0 Å². The zero-order valence-corrected chi connectivity index (χ0v) is 13.1. The summed E-state index contributed by atoms with van der Waals surface area (Å²) in [5.74, 6) is 0.0659. The zero-order valence-electron chi connectivity index (χ0n) is 13.1. The van der Waals surface area contributed by atoms with Gasteiger partial charge in [-0.2, -0.15) is 0 Å². The number of Topliss-reactive ketones (excluding diaryl/α,β-unsaturated/α-hetero) is 1. The van der Waals surface area contributed by atoms with E-state index < -0.39 is 6.61 Å². The Bertz CT molecular complexity index is 1040. The molecule has 1 aromatic carbocycles. The molecule has 0 spiro atoms. The lowest BCUT2D eigenvalue weighted by Crippen LogP contribution is -2.03. The highest BCUT2D eigenvalue weighted by molar-refractivity contribution is 5.99. The minimum Gasteiger partial charge on any atom is -0.436 e. The Morgan fingerprint density at radius 2 is 2.00 bits per heavy atom. The number of carbonyl (C=O) groups is 1. The molecule has 0 radical (unpaired) electrons. The molecular formula is C19H13N3O3. The Morgan fingerprint density at radius 3 is 2.72 bits per heavy atom. The molecule has 3 heterocycles. The van der Waals surface area contributed by atoms with Crippen LogP contribution in [0.15, 0.2) is 65.5 Å². The summed E-state index contributed by atoms with van der Waals surface area (Å²) >= 11 is 0. The number of aromatic nitrogens is 3. The molecule has 0 saturated heterocycles. The number of nitrogens with zero attached hydrogens (tertiary/aromatic N) is 3. The molecule has 0 aliphatic heterocycles. The van der Waals surface area contributed by atoms with E-state index in [0.29, 0.717) is 22.6 Å². The van der Waals surface area contributed by atoms with E-state index in [-0.39, 0.29) is 5.78 Å². The first-order chi connectivity index (χ1) is 12.2. The monoisotopic (exact) mass is 331 g/mol. The van der Waals surface area contributed by atoms with Crippen molar-refractivity contribution in [1.29, 1.82) is 0 Å². The molecule has 0 aliphatic rings. The molecule has 1 N–H and O–H groups in total. The molecule has 6 nitrogen and oxygen atoms in total. The molecule has 4 rings (SSSR count). The van der Waals surface area contributed by atoms with Crippen LogP contribution in [0.4, 0.5) is 0 Å². The summed E-state index contributed by atoms with van der Waals surface area (Å²) in [5, 5.41) is 8.95. The van der Waals surface area contributed by atoms with E-state index in [2.05, 4.69) is 15.0 Å². The third-order valence-corrected chi connectivity index (χ3v) is 3.82. The van der Waals surface area contributed by atoms with Crippen LogP contribution in [0, 0.1) is 0 Å². The number of fused-ring (bicyclic) bond motifs is 1. The third-order valence-electron chi connectivity index (χ3n) is 3.82. The molecule has 3 aromatic heterocycles. The molecule has 0 bridgehead atoms. The smallest absolute Gasteiger partial charge is 0.228 e. The van der Waals surface area contributed by atoms with Gasteiger partial charge in [0.2, 0.25) is 5.89 Å². The van der Waals surface area contributed by atoms with Crippen molar-refractivity contribution in [3.63, 3.8) is 0 Å². The maximum atomic E-state index is 11.6. The van der Waals surface area contributed by atoms with Crippen molar-refractivity contribution in [2.24, 2.45) is 0 Å². The number of carbonyl (C=O) groups excluding carboxylic acids is 1. The van der Waals surface area contributed by atoms with E-state index in [1.165, 1.54) is 0 Å². The molecule has 0 unspecified atom stereocenters. The Kier molecular flexibility index (Phi) is 3.80. The lowest BCUT2D eigenvalue weighted by molar-refractivity contribution is 0.0904. The highest BCUT2D eigenvalue weighted by atomic mass is 16.3. The van der Waals surface area contributed by atoms with Gasteiger partial charge in [-0.1, -0.05) is 0 Å². The van der Waals surface area contributed by atoms with Gasteiger partial charge in [0.05, 0.1) is 11.3 Å². The molecule has 0 amide bonds. The van der Waals surface area contributed by atoms with E-state index in [4.69, 9.17) is 9.52 Å². The number of hydrogen-bond donors (Lipinski definition) is 1. The predicted octanol–water partition coefficient (Wildman–Crippen LogP) is 3.13. The van der Waals surface area contributed by atoms with Crippen LogP contribution in [0.25, 0.3) is 33.8 Å². The molecular weight excluding hydrogens is 318 g/mol. The molecule has 122 valence electrons. The molecule has 0 saturated carbocycles. The van der Waals surface area contributed by atoms with Gasteiger partial charge in [-0.15, -0.1) is 0 Å². The topological polar surface area (TPSA) is 89.1 Å². The van der Waals surface area contributed by atoms with E-state index in [1.807, 2.05) is 24.3 Å². The average molecular weight is 331 g/mol. The van der Waals surface area contributed by atoms with E-state index >= 15 is 0 Å². The summed E-state index contributed by atoms with van der Waals surface area (Å²) < 4.78 is 5.74. The van der Waals surface area contributed by atoms with Gasteiger partial charge >= 0.3 is 0 Å². The normalized spacial score (nSPS) is 10.9. The number of pyridine rings is 2. The number of oxazole rings is 1. The van der Waals surface area contributed by atoms with E-state index in [1.54, 1.807) is 36.8 Å². The second-order valence-electron chi connectivity index (χ2n) is 5.46. The van der Waals surface area contributed by atoms with Crippen LogP contribution in [0.5, 0.6) is 0 Å². The van der Waals surface area contributed by atoms with Crippen molar-refractivity contribution >= 4 is 16.9 Å². The summed E-state index contributed by atoms with van der Waals surface area (Å²) in [7, 11) is 0. The second-order valence-corrected chi connectivity index (χ2v) is 5.46. The van der Waals surface area contributed by atoms with Crippen molar-refractivity contribution < 1.29 is 14.3 Å². The molecule has 0 aliphatic carbocycles. The van der Waals surface area contributed by atoms with Gasteiger partial charge in [0.25, 0.3) is 0 Å². The zero-order chi connectivity index (χ0) is 17.2. The highest BCUT2D eigenvalue weighted by Gasteiger charge is 2.12. The fraction of sp³-hybridized carbons (Fsp3) is 0.0526. The van der Waals surface area contributed by atoms with Crippen LogP contribution in [0.2, 0.25) is 0 Å². The van der Waals surface area contributed by atoms with Crippen molar-refractivity contribution in [2.45, 2.75) is 0 Å². The predicted molar refractivity (Wildman–Crippen MR) is 91.9 cm³/mol. The lowest BCUT2D eigenvalue weighted by Gasteiger charge is -2.00. The fourth-order valence-corrected chi connectivity index (χ4v) is 2.52. The number of aliphatic hydroxyl groups is 1. The third kappa shape index (κ3) is 2.90. The van der Waals surface area contributed by atoms with Crippen LogP contribution < -0.4 is 0 Å². The van der Waals surface area contributed by atoms with Gasteiger partial charge in [0, 0.05) is 29.7 Å². The highest BCUT2D eigenvalue weighted by Crippen LogP contribution is 2.26. The summed E-state index contributed by atoms with van der Waals surface area (Å²) in [5.41, 5.74) is 4.00. The first kappa shape index (κ1) is 15.2. The van der Waals surface area contributed by atoms with Crippen LogP contribution in [0.3, 0.4) is 0 Å². The maximum absolute atomic E-state index is 11.6. The summed E-state index contributed by atoms with van der Waals surface area (Å²) in [6.45, 7) is -0.535. The van der Waals surface area contributed by atoms with Crippen molar-refractivity contribution in [3.8, 4) is 22.7 Å². The quantitative estimate of drug-likeness (QED) is 0.578. The second kappa shape index (κ2) is 6.26. The number of ketones is 1. The van der Waals surface area contributed by atoms with Crippen LogP contribution in [0.1, 0.15) is 10.4 Å². The first-order valence-electron chi connectivity index (χ1n) is 7.66. The van der Waals surface area contributed by atoms with Crippen molar-refractivity contribution in [1.82, 2.24) is 15.0 Å². The molecule has 0 atom stereocenters. The number of rotatable bonds is 4. The van der Waals surface area contributed by atoms with Gasteiger partial charge in [-0.25, -0.2) is 4.98 Å². The van der Waals surface area contributed by atoms with Gasteiger partial charge in [0.1, 0.15) is 12.1 Å². The Hall–Kier alpha value is -3.38. The Balaban J connectivity index is 1.68. The maximum Gasteiger partial charge on any atom is 0.228 e. The van der Waals surface area contributed by atoms with E-state index in [9.17, 15) is 4.79 Å². The van der Waals surface area contributed by atoms with Gasteiger partial charge in [0.15, 0.2) is 11.4 Å². The molecule has 0 fully saturated rings. The summed E-state index contributed by atoms with van der Waals surface area (Å²) in [6.07, 6.45) is 5.15. The van der Waals surface area contributed by atoms with Gasteiger partial charge in [-0.05, 0) is 42.5 Å². The van der Waals surface area contributed by atoms with Crippen LogP contribution >= 0.6 is 0 Å². The minimum absolute atomic E-state index is 0.359. The largest absolute Gasteiger partial charge is 0.436 e. The minimum atomic E-state index is -0.535. The van der Waals surface area contributed by atoms with Crippen molar-refractivity contribution in [2.75, 3.05) is 6.61 Å². The summed E-state index contributed by atoms with van der Waals surface area (Å²) in [4.78, 5) is 24.5. The average Bonchev–Trinajstić information content (AvgIpc) is 3.11. The fourth-order valence-electron chi connectivity index (χ4n) is 2.52. The Labute approximate surface area is 142 Å². The van der Waals surface area contributed by atoms with Gasteiger partial charge in [-0.3, -0.25) is 14.8 Å². The SMILES string of the molecule is O=C(CO)c1ccc2nc(-c3ccc(-c4cccnc4)nc3)oc2c1. The lowest BCUT2D eigenvalue weighted by atomic mass is 10.1. The number of hydrogen-bond acceptors (Lipinski definition) is 6. The van der Waals surface area contributed by atoms with Crippen LogP contribution in [-0.4, -0.2) is 32.4 Å². The molecule has 6 heteroatoms. The first-order valence-corrected chi connectivity index (χ1v) is 7.66. The van der Waals surface area contributed by atoms with E-state index in [0.717, 1.165) is 16.8 Å².